The van der Waals surface area contributed by atoms with Crippen molar-refractivity contribution in [2.75, 3.05) is 44.9 Å². The van der Waals surface area contributed by atoms with Gasteiger partial charge in [-0.1, -0.05) is 51.7 Å². The van der Waals surface area contributed by atoms with Crippen molar-refractivity contribution >= 4 is 45.1 Å². The molecule has 4 amide bonds. The molecule has 0 aliphatic carbocycles. The second-order valence-corrected chi connectivity index (χ2v) is 19.8. The van der Waals surface area contributed by atoms with E-state index in [4.69, 9.17) is 14.5 Å². The molecule has 0 unspecified atom stereocenters. The lowest BCUT2D eigenvalue weighted by molar-refractivity contribution is -0.136. The van der Waals surface area contributed by atoms with E-state index in [-0.39, 0.29) is 35.7 Å². The minimum Gasteiger partial charge on any atom is -0.453 e. The predicted octanol–water partition coefficient (Wildman–Crippen LogP) is 5.68. The van der Waals surface area contributed by atoms with E-state index in [0.717, 1.165) is 57.8 Å². The first kappa shape index (κ1) is 40.2. The molecular formula is C41H52N8O6S. The molecule has 2 aromatic heterocycles. The summed E-state index contributed by atoms with van der Waals surface area (Å²) in [4.78, 5) is 71.5. The van der Waals surface area contributed by atoms with Crippen LogP contribution >= 0.6 is 10.0 Å². The van der Waals surface area contributed by atoms with Gasteiger partial charge in [0.2, 0.25) is 11.8 Å². The van der Waals surface area contributed by atoms with E-state index in [1.165, 1.54) is 14.2 Å². The van der Waals surface area contributed by atoms with E-state index in [0.29, 0.717) is 18.2 Å². The molecule has 4 N–H and O–H groups in total. The highest BCUT2D eigenvalue weighted by molar-refractivity contribution is 8.32. The lowest BCUT2D eigenvalue weighted by Crippen LogP contribution is -2.51. The molecule has 14 nitrogen and oxygen atoms in total. The van der Waals surface area contributed by atoms with Crippen molar-refractivity contribution < 1.29 is 28.7 Å². The molecule has 2 aliphatic heterocycles. The Morgan fingerprint density at radius 1 is 0.821 bits per heavy atom. The number of ether oxygens (including phenoxy) is 2. The molecule has 0 bridgehead atoms. The quantitative estimate of drug-likeness (QED) is 0.157. The van der Waals surface area contributed by atoms with Gasteiger partial charge in [0.15, 0.2) is 0 Å². The van der Waals surface area contributed by atoms with Crippen molar-refractivity contribution in [1.29, 1.82) is 0 Å². The summed E-state index contributed by atoms with van der Waals surface area (Å²) in [7, 11) is 1.47. The third-order valence-electron chi connectivity index (χ3n) is 10.4. The van der Waals surface area contributed by atoms with Crippen LogP contribution in [-0.2, 0) is 19.1 Å². The number of nitrogens with one attached hydrogen (secondary N) is 4. The lowest BCUT2D eigenvalue weighted by Gasteiger charge is -2.30. The van der Waals surface area contributed by atoms with Crippen LogP contribution in [0.1, 0.15) is 75.4 Å². The van der Waals surface area contributed by atoms with Crippen LogP contribution in [0.3, 0.4) is 0 Å². The number of methoxy groups -OCH3 is 2. The number of amides is 4. The Balaban J connectivity index is 1.14. The summed E-state index contributed by atoms with van der Waals surface area (Å²) in [6, 6.07) is 11.9. The van der Waals surface area contributed by atoms with Crippen molar-refractivity contribution in [1.82, 2.24) is 40.4 Å². The maximum atomic E-state index is 13.8. The second-order valence-electron chi connectivity index (χ2n) is 15.7. The number of rotatable bonds is 9. The molecular weight excluding hydrogens is 733 g/mol. The summed E-state index contributed by atoms with van der Waals surface area (Å²) in [5.41, 5.74) is 5.04. The Kier molecular flexibility index (Phi) is 12.0. The average Bonchev–Trinajstić information content (AvgIpc) is 3.99. The number of nitrogens with zero attached hydrogens (tertiary/aromatic N) is 4. The molecule has 2 aromatic carbocycles. The number of hydrogen-bond donors (Lipinski definition) is 4. The molecule has 298 valence electrons. The Morgan fingerprint density at radius 3 is 2.05 bits per heavy atom. The Labute approximate surface area is 329 Å². The molecule has 4 heterocycles. The van der Waals surface area contributed by atoms with Crippen molar-refractivity contribution in [2.24, 2.45) is 11.8 Å². The fourth-order valence-electron chi connectivity index (χ4n) is 7.34. The Morgan fingerprint density at radius 2 is 1.43 bits per heavy atom. The minimum atomic E-state index is -1.11. The standard InChI is InChI=1S/C41H52N8O6S/c1-24(2)34(46-40(52)54-5)38(50)48-19-9-10-32(48)36-42-21-31(45-36)28-16-13-26(14-17-28)11-12-27-15-18-29-30(20-27)44-37(43-29)33-22-56(7,8)23-49(33)39(51)35(25(3)4)47-41(53)55-6/h13-18,20-21,24-25,32-35H,9-10,19,22-23H2,1-8H3,(H,42,45)(H,43,44)(H,46,52)(H,47,53)/t32-,33-,34-,35-/m0/s1. The zero-order chi connectivity index (χ0) is 40.3. The SMILES string of the molecule is COC(=O)N[C@H](C(=O)N1CCC[C@H]1c1ncc(-c2ccc(C#Cc3ccc4[nH]c([C@@H]5CS(C)(C)CN5C(=O)[C@@H](NC(=O)OC)C(C)C)nc4c3)cc2)[nH]1)C(C)C. The van der Waals surface area contributed by atoms with Crippen LogP contribution in [0.5, 0.6) is 0 Å². The number of H-pyrrole nitrogens is 2. The smallest absolute Gasteiger partial charge is 0.407 e. The van der Waals surface area contributed by atoms with E-state index < -0.39 is 34.3 Å². The van der Waals surface area contributed by atoms with Crippen LogP contribution in [0.15, 0.2) is 48.7 Å². The number of imidazole rings is 2. The third kappa shape index (κ3) is 8.81. The molecule has 15 heteroatoms. The summed E-state index contributed by atoms with van der Waals surface area (Å²) < 4.78 is 9.54. The Hall–Kier alpha value is -5.49. The molecule has 4 aromatic rings. The maximum Gasteiger partial charge on any atom is 0.407 e. The normalized spacial score (nSPS) is 19.3. The molecule has 4 atom stereocenters. The number of aromatic nitrogens is 4. The number of likely N-dealkylation sites (tertiary alicyclic amines) is 1. The highest BCUT2D eigenvalue weighted by atomic mass is 32.3. The first-order valence-corrected chi connectivity index (χ1v) is 21.6. The maximum absolute atomic E-state index is 13.8. The van der Waals surface area contributed by atoms with Gasteiger partial charge in [0, 0.05) is 23.4 Å². The van der Waals surface area contributed by atoms with Crippen LogP contribution in [0, 0.1) is 23.7 Å². The zero-order valence-corrected chi connectivity index (χ0v) is 34.1. The van der Waals surface area contributed by atoms with Gasteiger partial charge in [0.25, 0.3) is 0 Å². The van der Waals surface area contributed by atoms with Gasteiger partial charge in [-0.15, -0.1) is 0 Å². The first-order valence-electron chi connectivity index (χ1n) is 18.8. The van der Waals surface area contributed by atoms with E-state index in [2.05, 4.69) is 49.9 Å². The monoisotopic (exact) mass is 784 g/mol. The largest absolute Gasteiger partial charge is 0.453 e. The zero-order valence-electron chi connectivity index (χ0n) is 33.3. The van der Waals surface area contributed by atoms with Gasteiger partial charge >= 0.3 is 12.2 Å². The van der Waals surface area contributed by atoms with Gasteiger partial charge < -0.3 is 39.9 Å². The van der Waals surface area contributed by atoms with Crippen LogP contribution in [0.2, 0.25) is 0 Å². The van der Waals surface area contributed by atoms with E-state index in [1.807, 2.05) is 75.1 Å². The lowest BCUT2D eigenvalue weighted by atomic mass is 10.0. The first-order chi connectivity index (χ1) is 26.7. The van der Waals surface area contributed by atoms with E-state index >= 15 is 0 Å². The molecule has 0 saturated carbocycles. The van der Waals surface area contributed by atoms with Crippen molar-refractivity contribution in [3.05, 3.63) is 71.4 Å². The molecule has 56 heavy (non-hydrogen) atoms. The number of carbonyl (C=O) groups is 4. The average molecular weight is 785 g/mol. The third-order valence-corrected chi connectivity index (χ3v) is 12.5. The number of carbonyl (C=O) groups excluding carboxylic acids is 4. The van der Waals surface area contributed by atoms with Crippen molar-refractivity contribution in [3.63, 3.8) is 0 Å². The summed E-state index contributed by atoms with van der Waals surface area (Å²) in [5, 5.41) is 5.41. The van der Waals surface area contributed by atoms with Crippen LogP contribution < -0.4 is 10.6 Å². The Bertz CT molecular complexity index is 2150. The van der Waals surface area contributed by atoms with Gasteiger partial charge in [-0.2, -0.15) is 0 Å². The van der Waals surface area contributed by atoms with Gasteiger partial charge in [0.05, 0.1) is 55.1 Å². The molecule has 0 radical (unpaired) electrons. The number of fused-ring (bicyclic) bond motifs is 1. The van der Waals surface area contributed by atoms with Crippen LogP contribution in [0.4, 0.5) is 9.59 Å². The molecule has 2 saturated heterocycles. The molecule has 2 aliphatic rings. The summed E-state index contributed by atoms with van der Waals surface area (Å²) in [6.07, 6.45) is 6.56. The fraction of sp³-hybridized carbons (Fsp3) is 0.463. The highest BCUT2D eigenvalue weighted by Crippen LogP contribution is 2.52. The fourth-order valence-corrected chi connectivity index (χ4v) is 9.70. The molecule has 0 spiro atoms. The van der Waals surface area contributed by atoms with Gasteiger partial charge in [-0.05, 0) is 73.1 Å². The van der Waals surface area contributed by atoms with Gasteiger partial charge in [-0.25, -0.2) is 29.6 Å². The van der Waals surface area contributed by atoms with Crippen molar-refractivity contribution in [3.8, 4) is 23.1 Å². The van der Waals surface area contributed by atoms with Crippen molar-refractivity contribution in [2.45, 2.75) is 64.7 Å². The molecule has 6 rings (SSSR count). The van der Waals surface area contributed by atoms with Crippen LogP contribution in [-0.4, -0.2) is 111 Å². The van der Waals surface area contributed by atoms with E-state index in [9.17, 15) is 19.2 Å². The summed E-state index contributed by atoms with van der Waals surface area (Å²) >= 11 is 0. The summed E-state index contributed by atoms with van der Waals surface area (Å²) in [6.45, 7) is 8.19. The van der Waals surface area contributed by atoms with Gasteiger partial charge in [0.1, 0.15) is 23.7 Å². The number of hydrogen-bond acceptors (Lipinski definition) is 8. The van der Waals surface area contributed by atoms with Gasteiger partial charge in [-0.3, -0.25) is 9.59 Å². The topological polar surface area (TPSA) is 175 Å². The molecule has 2 fully saturated rings. The summed E-state index contributed by atoms with van der Waals surface area (Å²) in [5.74, 6) is 8.85. The highest BCUT2D eigenvalue weighted by Gasteiger charge is 2.43. The second kappa shape index (κ2) is 16.7. The number of alkyl carbamates (subject to hydrolysis) is 2. The number of aromatic amines is 2. The minimum absolute atomic E-state index is 0.110. The predicted molar refractivity (Wildman–Crippen MR) is 217 cm³/mol. The van der Waals surface area contributed by atoms with Crippen LogP contribution in [0.25, 0.3) is 22.3 Å². The number of benzene rings is 2. The van der Waals surface area contributed by atoms with E-state index in [1.54, 1.807) is 11.1 Å².